The molecule has 2 aliphatic rings. The lowest BCUT2D eigenvalue weighted by molar-refractivity contribution is -0.144. The van der Waals surface area contributed by atoms with Gasteiger partial charge in [0.05, 0.1) is 5.69 Å². The molecular weight excluding hydrogens is 316 g/mol. The third kappa shape index (κ3) is 4.00. The summed E-state index contributed by atoms with van der Waals surface area (Å²) in [6.07, 6.45) is 1.81. The van der Waals surface area contributed by atoms with Crippen LogP contribution >= 0.6 is 0 Å². The first-order chi connectivity index (χ1) is 11.9. The largest absolute Gasteiger partial charge is 0.355 e. The summed E-state index contributed by atoms with van der Waals surface area (Å²) >= 11 is 0. The molecule has 0 spiro atoms. The van der Waals surface area contributed by atoms with Crippen LogP contribution in [0.2, 0.25) is 0 Å². The molecule has 2 aliphatic heterocycles. The highest BCUT2D eigenvalue weighted by Gasteiger charge is 2.47. The van der Waals surface area contributed by atoms with Crippen LogP contribution in [-0.2, 0) is 16.1 Å². The average Bonchev–Trinajstić information content (AvgIpc) is 2.98. The fourth-order valence-electron chi connectivity index (χ4n) is 3.76. The van der Waals surface area contributed by atoms with Gasteiger partial charge in [-0.25, -0.2) is 0 Å². The zero-order valence-electron chi connectivity index (χ0n) is 15.4. The summed E-state index contributed by atoms with van der Waals surface area (Å²) in [6.45, 7) is 10.7. The minimum Gasteiger partial charge on any atom is -0.355 e. The molecule has 2 amide bonds. The van der Waals surface area contributed by atoms with Crippen molar-refractivity contribution in [3.8, 4) is 0 Å². The van der Waals surface area contributed by atoms with Gasteiger partial charge in [0.25, 0.3) is 0 Å². The van der Waals surface area contributed by atoms with Crippen LogP contribution in [0.1, 0.15) is 26.5 Å². The van der Waals surface area contributed by atoms with Gasteiger partial charge in [-0.3, -0.25) is 19.5 Å². The summed E-state index contributed by atoms with van der Waals surface area (Å²) in [5, 5.41) is 2.88. The maximum absolute atomic E-state index is 13.0. The summed E-state index contributed by atoms with van der Waals surface area (Å²) in [5.41, 5.74) is 0.977. The first-order valence-corrected chi connectivity index (χ1v) is 9.05. The fraction of sp³-hybridized carbons (Fsp3) is 0.632. The number of pyridine rings is 1. The minimum absolute atomic E-state index is 0.00703. The van der Waals surface area contributed by atoms with E-state index in [4.69, 9.17) is 0 Å². The number of nitrogens with one attached hydrogen (secondary N) is 1. The number of nitrogens with zero attached hydrogens (tertiary/aromatic N) is 3. The van der Waals surface area contributed by atoms with Crippen LogP contribution in [0, 0.1) is 17.3 Å². The highest BCUT2D eigenvalue weighted by atomic mass is 16.2. The van der Waals surface area contributed by atoms with Gasteiger partial charge in [-0.2, -0.15) is 0 Å². The number of piperazine rings is 1. The predicted octanol–water partition coefficient (Wildman–Crippen LogP) is 1.13. The van der Waals surface area contributed by atoms with Gasteiger partial charge >= 0.3 is 0 Å². The van der Waals surface area contributed by atoms with Gasteiger partial charge in [0.1, 0.15) is 5.92 Å². The van der Waals surface area contributed by atoms with Crippen molar-refractivity contribution < 1.29 is 9.59 Å². The fourth-order valence-corrected chi connectivity index (χ4v) is 3.76. The van der Waals surface area contributed by atoms with Crippen molar-refractivity contribution in [1.82, 2.24) is 20.1 Å². The molecule has 1 aromatic heterocycles. The molecule has 2 saturated heterocycles. The Morgan fingerprint density at radius 2 is 1.96 bits per heavy atom. The second-order valence-corrected chi connectivity index (χ2v) is 8.12. The van der Waals surface area contributed by atoms with E-state index in [1.165, 1.54) is 0 Å². The summed E-state index contributed by atoms with van der Waals surface area (Å²) in [4.78, 5) is 33.7. The van der Waals surface area contributed by atoms with E-state index in [9.17, 15) is 9.59 Å². The second-order valence-electron chi connectivity index (χ2n) is 8.12. The SMILES string of the molecule is CC(C)(C)[C@H]1CNC(=O)[C@@H]1C(=O)N1CCN(Cc2ccccn2)CC1. The topological polar surface area (TPSA) is 65.5 Å². The van der Waals surface area contributed by atoms with Crippen LogP contribution in [0.15, 0.2) is 24.4 Å². The van der Waals surface area contributed by atoms with Gasteiger partial charge in [-0.05, 0) is 17.5 Å². The lowest BCUT2D eigenvalue weighted by Gasteiger charge is -2.37. The van der Waals surface area contributed by atoms with Crippen LogP contribution in [0.25, 0.3) is 0 Å². The van der Waals surface area contributed by atoms with Crippen molar-refractivity contribution in [3.63, 3.8) is 0 Å². The van der Waals surface area contributed by atoms with Crippen molar-refractivity contribution in [2.24, 2.45) is 17.3 Å². The van der Waals surface area contributed by atoms with Crippen molar-refractivity contribution in [2.75, 3.05) is 32.7 Å². The molecule has 0 unspecified atom stereocenters. The molecule has 0 saturated carbocycles. The zero-order valence-corrected chi connectivity index (χ0v) is 15.4. The molecule has 25 heavy (non-hydrogen) atoms. The molecular formula is C19H28N4O2. The molecule has 3 heterocycles. The number of carbonyl (C=O) groups excluding carboxylic acids is 2. The third-order valence-electron chi connectivity index (χ3n) is 5.36. The van der Waals surface area contributed by atoms with Gasteiger partial charge < -0.3 is 10.2 Å². The van der Waals surface area contributed by atoms with Gasteiger partial charge in [0.15, 0.2) is 0 Å². The van der Waals surface area contributed by atoms with E-state index in [2.05, 4.69) is 36.0 Å². The zero-order chi connectivity index (χ0) is 18.0. The predicted molar refractivity (Wildman–Crippen MR) is 95.5 cm³/mol. The maximum Gasteiger partial charge on any atom is 0.235 e. The van der Waals surface area contributed by atoms with Crippen molar-refractivity contribution in [1.29, 1.82) is 0 Å². The van der Waals surface area contributed by atoms with Crippen LogP contribution in [0.5, 0.6) is 0 Å². The van der Waals surface area contributed by atoms with Crippen LogP contribution in [0.3, 0.4) is 0 Å². The lowest BCUT2D eigenvalue weighted by atomic mass is 9.74. The van der Waals surface area contributed by atoms with E-state index >= 15 is 0 Å². The molecule has 0 aromatic carbocycles. The Morgan fingerprint density at radius 1 is 1.24 bits per heavy atom. The van der Waals surface area contributed by atoms with Crippen molar-refractivity contribution >= 4 is 11.8 Å². The van der Waals surface area contributed by atoms with E-state index in [1.807, 2.05) is 23.1 Å². The van der Waals surface area contributed by atoms with E-state index in [-0.39, 0.29) is 23.1 Å². The monoisotopic (exact) mass is 344 g/mol. The van der Waals surface area contributed by atoms with Crippen molar-refractivity contribution in [3.05, 3.63) is 30.1 Å². The molecule has 6 heteroatoms. The molecule has 1 aromatic rings. The summed E-state index contributed by atoms with van der Waals surface area (Å²) in [6, 6.07) is 5.93. The van der Waals surface area contributed by atoms with Crippen LogP contribution < -0.4 is 5.32 Å². The Morgan fingerprint density at radius 3 is 2.56 bits per heavy atom. The Bertz CT molecular complexity index is 618. The molecule has 0 aliphatic carbocycles. The number of rotatable bonds is 3. The van der Waals surface area contributed by atoms with E-state index in [0.717, 1.165) is 25.3 Å². The number of hydrogen-bond donors (Lipinski definition) is 1. The van der Waals surface area contributed by atoms with Gasteiger partial charge in [0, 0.05) is 51.4 Å². The number of carbonyl (C=O) groups is 2. The highest BCUT2D eigenvalue weighted by molar-refractivity contribution is 6.02. The molecule has 3 rings (SSSR count). The Kier molecular flexibility index (Phi) is 5.08. The third-order valence-corrected chi connectivity index (χ3v) is 5.36. The van der Waals surface area contributed by atoms with Crippen LogP contribution in [0.4, 0.5) is 0 Å². The number of hydrogen-bond acceptors (Lipinski definition) is 4. The molecule has 2 fully saturated rings. The number of amides is 2. The standard InChI is InChI=1S/C19H28N4O2/c1-19(2,3)15-12-21-17(24)16(15)18(25)23-10-8-22(9-11-23)13-14-6-4-5-7-20-14/h4-7,15-16H,8-13H2,1-3H3,(H,21,24)/t15-,16+/m0/s1. The van der Waals surface area contributed by atoms with Gasteiger partial charge in [-0.15, -0.1) is 0 Å². The second kappa shape index (κ2) is 7.12. The molecule has 1 N–H and O–H groups in total. The summed E-state index contributed by atoms with van der Waals surface area (Å²) in [5.74, 6) is -0.602. The van der Waals surface area contributed by atoms with E-state index in [1.54, 1.807) is 6.20 Å². The van der Waals surface area contributed by atoms with E-state index < -0.39 is 5.92 Å². The smallest absolute Gasteiger partial charge is 0.235 e. The quantitative estimate of drug-likeness (QED) is 0.835. The summed E-state index contributed by atoms with van der Waals surface area (Å²) in [7, 11) is 0. The maximum atomic E-state index is 13.0. The number of aromatic nitrogens is 1. The first kappa shape index (κ1) is 17.9. The average molecular weight is 344 g/mol. The molecule has 0 radical (unpaired) electrons. The summed E-state index contributed by atoms with van der Waals surface area (Å²) < 4.78 is 0. The molecule has 2 atom stereocenters. The van der Waals surface area contributed by atoms with E-state index in [0.29, 0.717) is 19.6 Å². The molecule has 6 nitrogen and oxygen atoms in total. The normalized spacial score (nSPS) is 25.1. The Hall–Kier alpha value is -1.95. The molecule has 0 bridgehead atoms. The van der Waals surface area contributed by atoms with Crippen LogP contribution in [-0.4, -0.2) is 59.3 Å². The highest BCUT2D eigenvalue weighted by Crippen LogP contribution is 2.36. The van der Waals surface area contributed by atoms with Gasteiger partial charge in [-0.1, -0.05) is 26.8 Å². The molecule has 136 valence electrons. The minimum atomic E-state index is -0.539. The Balaban J connectivity index is 1.58. The lowest BCUT2D eigenvalue weighted by Crippen LogP contribution is -2.52. The first-order valence-electron chi connectivity index (χ1n) is 9.05. The Labute approximate surface area is 149 Å². The van der Waals surface area contributed by atoms with Gasteiger partial charge in [0.2, 0.25) is 11.8 Å². The van der Waals surface area contributed by atoms with Crippen molar-refractivity contribution in [2.45, 2.75) is 27.3 Å².